The number of carbonyl (C=O) groups is 2. The summed E-state index contributed by atoms with van der Waals surface area (Å²) in [6.07, 6.45) is 4.40. The first-order valence-corrected chi connectivity index (χ1v) is 10.6. The Hall–Kier alpha value is -2.87. The van der Waals surface area contributed by atoms with Gasteiger partial charge in [0.25, 0.3) is 0 Å². The molecule has 1 aromatic carbocycles. The van der Waals surface area contributed by atoms with E-state index in [9.17, 15) is 9.59 Å². The summed E-state index contributed by atoms with van der Waals surface area (Å²) in [6.45, 7) is 3.46. The third-order valence-electron chi connectivity index (χ3n) is 5.48. The molecule has 0 radical (unpaired) electrons. The van der Waals surface area contributed by atoms with Crippen molar-refractivity contribution < 1.29 is 9.59 Å². The highest BCUT2D eigenvalue weighted by atomic mass is 35.5. The Balaban J connectivity index is 1.23. The van der Waals surface area contributed by atoms with Crippen LogP contribution >= 0.6 is 11.6 Å². The molecule has 30 heavy (non-hydrogen) atoms. The highest BCUT2D eigenvalue weighted by Gasteiger charge is 2.34. The summed E-state index contributed by atoms with van der Waals surface area (Å²) in [4.78, 5) is 28.7. The summed E-state index contributed by atoms with van der Waals surface area (Å²) >= 11 is 5.91. The molecule has 2 aromatic rings. The molecule has 3 heterocycles. The monoisotopic (exact) mass is 428 g/mol. The Morgan fingerprint density at radius 1 is 1.13 bits per heavy atom. The van der Waals surface area contributed by atoms with E-state index < -0.39 is 0 Å². The van der Waals surface area contributed by atoms with Crippen molar-refractivity contribution in [2.75, 3.05) is 47.8 Å². The molecule has 0 saturated carbocycles. The number of benzene rings is 1. The number of hydrogen-bond acceptors (Lipinski definition) is 6. The van der Waals surface area contributed by atoms with Gasteiger partial charge in [0, 0.05) is 55.9 Å². The summed E-state index contributed by atoms with van der Waals surface area (Å²) in [7, 11) is 0. The van der Waals surface area contributed by atoms with E-state index in [1.165, 1.54) is 12.8 Å². The molecule has 2 saturated heterocycles. The first kappa shape index (κ1) is 20.4. The fraction of sp³-hybridized carbons (Fsp3) is 0.429. The molecule has 0 bridgehead atoms. The van der Waals surface area contributed by atoms with Crippen molar-refractivity contribution >= 4 is 40.6 Å². The highest BCUT2D eigenvalue weighted by molar-refractivity contribution is 6.30. The van der Waals surface area contributed by atoms with Crippen LogP contribution in [0.15, 0.2) is 36.5 Å². The van der Waals surface area contributed by atoms with Gasteiger partial charge in [-0.3, -0.25) is 9.59 Å². The van der Waals surface area contributed by atoms with Crippen molar-refractivity contribution in [3.63, 3.8) is 0 Å². The lowest BCUT2D eigenvalue weighted by molar-refractivity contribution is -0.126. The molecular formula is C21H25ClN6O2. The first-order chi connectivity index (χ1) is 14.6. The second-order valence-corrected chi connectivity index (χ2v) is 8.03. The number of aromatic nitrogens is 2. The van der Waals surface area contributed by atoms with Crippen LogP contribution in [0.25, 0.3) is 0 Å². The molecule has 0 aliphatic carbocycles. The largest absolute Gasteiger partial charge is 0.370 e. The molecule has 2 aliphatic rings. The summed E-state index contributed by atoms with van der Waals surface area (Å²) in [5.74, 6) is 0.174. The van der Waals surface area contributed by atoms with Crippen molar-refractivity contribution in [2.24, 2.45) is 5.92 Å². The first-order valence-electron chi connectivity index (χ1n) is 10.3. The standard InChI is InChI=1S/C21H25ClN6O2/c22-16-3-5-17(6-4-16)28-14-15(11-20(28)29)21(30)24-8-7-23-19-12-18(13-25-26-19)27-9-1-2-10-27/h3-6,12-13,15H,1-2,7-11,14H2,(H,23,26)(H,24,30). The zero-order valence-electron chi connectivity index (χ0n) is 16.7. The van der Waals surface area contributed by atoms with Gasteiger partial charge in [-0.15, -0.1) is 5.10 Å². The summed E-state index contributed by atoms with van der Waals surface area (Å²) < 4.78 is 0. The van der Waals surface area contributed by atoms with Crippen LogP contribution < -0.4 is 20.4 Å². The van der Waals surface area contributed by atoms with Crippen LogP contribution in [0.2, 0.25) is 5.02 Å². The molecule has 1 unspecified atom stereocenters. The van der Waals surface area contributed by atoms with Crippen LogP contribution in [0.3, 0.4) is 0 Å². The number of anilines is 3. The smallest absolute Gasteiger partial charge is 0.227 e. The lowest BCUT2D eigenvalue weighted by atomic mass is 10.1. The van der Waals surface area contributed by atoms with Gasteiger partial charge >= 0.3 is 0 Å². The Kier molecular flexibility index (Phi) is 6.32. The van der Waals surface area contributed by atoms with Crippen molar-refractivity contribution in [3.05, 3.63) is 41.6 Å². The van der Waals surface area contributed by atoms with Crippen LogP contribution in [-0.4, -0.2) is 54.7 Å². The summed E-state index contributed by atoms with van der Waals surface area (Å²) in [5, 5.41) is 14.9. The molecule has 158 valence electrons. The SMILES string of the molecule is O=C(NCCNc1cc(N2CCCC2)cnn1)C1CC(=O)N(c2ccc(Cl)cc2)C1. The number of carbonyl (C=O) groups excluding carboxylic acids is 2. The highest BCUT2D eigenvalue weighted by Crippen LogP contribution is 2.26. The summed E-state index contributed by atoms with van der Waals surface area (Å²) in [5.41, 5.74) is 1.83. The number of halogens is 1. The van der Waals surface area contributed by atoms with E-state index in [4.69, 9.17) is 11.6 Å². The number of rotatable bonds is 7. The molecule has 4 rings (SSSR count). The van der Waals surface area contributed by atoms with E-state index in [2.05, 4.69) is 25.7 Å². The predicted molar refractivity (Wildman–Crippen MR) is 117 cm³/mol. The lowest BCUT2D eigenvalue weighted by Gasteiger charge is -2.17. The minimum Gasteiger partial charge on any atom is -0.370 e. The second-order valence-electron chi connectivity index (χ2n) is 7.59. The fourth-order valence-corrected chi connectivity index (χ4v) is 3.99. The van der Waals surface area contributed by atoms with Gasteiger partial charge in [-0.05, 0) is 37.1 Å². The van der Waals surface area contributed by atoms with Gasteiger partial charge in [0.1, 0.15) is 0 Å². The number of nitrogens with one attached hydrogen (secondary N) is 2. The van der Waals surface area contributed by atoms with Crippen LogP contribution in [-0.2, 0) is 9.59 Å². The average molecular weight is 429 g/mol. The minimum atomic E-state index is -0.355. The van der Waals surface area contributed by atoms with E-state index >= 15 is 0 Å². The van der Waals surface area contributed by atoms with Crippen molar-refractivity contribution in [2.45, 2.75) is 19.3 Å². The Morgan fingerprint density at radius 2 is 1.90 bits per heavy atom. The molecule has 2 aliphatic heterocycles. The maximum absolute atomic E-state index is 12.5. The van der Waals surface area contributed by atoms with E-state index in [1.807, 2.05) is 6.07 Å². The van der Waals surface area contributed by atoms with Crippen LogP contribution in [0.1, 0.15) is 19.3 Å². The zero-order valence-corrected chi connectivity index (χ0v) is 17.4. The molecule has 2 amide bonds. The maximum atomic E-state index is 12.5. The van der Waals surface area contributed by atoms with Crippen molar-refractivity contribution in [1.29, 1.82) is 0 Å². The lowest BCUT2D eigenvalue weighted by Crippen LogP contribution is -2.35. The number of amides is 2. The third-order valence-corrected chi connectivity index (χ3v) is 5.73. The maximum Gasteiger partial charge on any atom is 0.227 e. The molecule has 1 atom stereocenters. The Morgan fingerprint density at radius 3 is 2.67 bits per heavy atom. The molecule has 1 aromatic heterocycles. The zero-order chi connectivity index (χ0) is 20.9. The Bertz CT molecular complexity index is 901. The van der Waals surface area contributed by atoms with Gasteiger partial charge in [0.05, 0.1) is 17.8 Å². The van der Waals surface area contributed by atoms with Gasteiger partial charge in [-0.1, -0.05) is 11.6 Å². The predicted octanol–water partition coefficient (Wildman–Crippen LogP) is 2.31. The number of hydrogen-bond donors (Lipinski definition) is 2. The molecular weight excluding hydrogens is 404 g/mol. The number of nitrogens with zero attached hydrogens (tertiary/aromatic N) is 4. The van der Waals surface area contributed by atoms with Crippen LogP contribution in [0.4, 0.5) is 17.2 Å². The van der Waals surface area contributed by atoms with E-state index in [0.717, 1.165) is 24.5 Å². The van der Waals surface area contributed by atoms with Crippen molar-refractivity contribution in [1.82, 2.24) is 15.5 Å². The topological polar surface area (TPSA) is 90.5 Å². The van der Waals surface area contributed by atoms with E-state index in [-0.39, 0.29) is 24.2 Å². The molecule has 9 heteroatoms. The minimum absolute atomic E-state index is 0.0513. The van der Waals surface area contributed by atoms with Crippen molar-refractivity contribution in [3.8, 4) is 0 Å². The normalized spacial score (nSPS) is 18.7. The van der Waals surface area contributed by atoms with Gasteiger partial charge in [0.2, 0.25) is 11.8 Å². The molecule has 2 N–H and O–H groups in total. The van der Waals surface area contributed by atoms with Crippen LogP contribution in [0, 0.1) is 5.92 Å². The van der Waals surface area contributed by atoms with Gasteiger partial charge in [0.15, 0.2) is 5.82 Å². The van der Waals surface area contributed by atoms with E-state index in [0.29, 0.717) is 30.5 Å². The molecule has 0 spiro atoms. The Labute approximate surface area is 180 Å². The van der Waals surface area contributed by atoms with Gasteiger partial charge in [-0.2, -0.15) is 5.10 Å². The quantitative estimate of drug-likeness (QED) is 0.658. The van der Waals surface area contributed by atoms with E-state index in [1.54, 1.807) is 35.4 Å². The third kappa shape index (κ3) is 4.81. The summed E-state index contributed by atoms with van der Waals surface area (Å²) in [6, 6.07) is 9.05. The fourth-order valence-electron chi connectivity index (χ4n) is 3.87. The van der Waals surface area contributed by atoms with Crippen LogP contribution in [0.5, 0.6) is 0 Å². The van der Waals surface area contributed by atoms with Gasteiger partial charge < -0.3 is 20.4 Å². The molecule has 2 fully saturated rings. The average Bonchev–Trinajstić information content (AvgIpc) is 3.42. The molecule has 8 nitrogen and oxygen atoms in total. The second kappa shape index (κ2) is 9.30. The van der Waals surface area contributed by atoms with Gasteiger partial charge in [-0.25, -0.2) is 0 Å².